The lowest BCUT2D eigenvalue weighted by Crippen LogP contribution is -2.46. The van der Waals surface area contributed by atoms with Gasteiger partial charge in [-0.3, -0.25) is 9.69 Å². The molecule has 1 fully saturated rings. The lowest BCUT2D eigenvalue weighted by atomic mass is 10.2. The number of benzene rings is 1. The van der Waals surface area contributed by atoms with E-state index in [0.717, 1.165) is 26.2 Å². The molecule has 1 aromatic rings. The average molecular weight is 443 g/mol. The summed E-state index contributed by atoms with van der Waals surface area (Å²) in [4.78, 5) is 13.6. The van der Waals surface area contributed by atoms with E-state index in [2.05, 4.69) is 20.3 Å². The highest BCUT2D eigenvalue weighted by Crippen LogP contribution is 2.37. The minimum absolute atomic E-state index is 0. The summed E-state index contributed by atoms with van der Waals surface area (Å²) >= 11 is 0. The van der Waals surface area contributed by atoms with Crippen LogP contribution in [-0.2, 0) is 14.8 Å². The molecular weight excluding hydrogens is 419 g/mol. The Bertz CT molecular complexity index is 757. The van der Waals surface area contributed by atoms with Gasteiger partial charge in [-0.05, 0) is 0 Å². The van der Waals surface area contributed by atoms with E-state index < -0.39 is 10.0 Å². The topological polar surface area (TPSA) is 109 Å². The standard InChI is InChI=1S/C15H22N4O5S.2ClH/c1-23-13-8-11-12(24-10-15(20)18-11)9-14(13)25(21,22)17-4-7-19-5-2-16-3-6-19;;/h8-9,16-17H,2-7,10H2,1H3,(H,18,20);2*1H. The predicted molar refractivity (Wildman–Crippen MR) is 106 cm³/mol. The van der Waals surface area contributed by atoms with Crippen LogP contribution in [0.1, 0.15) is 0 Å². The van der Waals surface area contributed by atoms with Crippen molar-refractivity contribution in [2.24, 2.45) is 0 Å². The van der Waals surface area contributed by atoms with Gasteiger partial charge in [-0.25, -0.2) is 13.1 Å². The van der Waals surface area contributed by atoms with Gasteiger partial charge in [-0.15, -0.1) is 24.8 Å². The number of fused-ring (bicyclic) bond motifs is 1. The maximum Gasteiger partial charge on any atom is 0.262 e. The van der Waals surface area contributed by atoms with Gasteiger partial charge in [0.15, 0.2) is 6.61 Å². The Hall–Kier alpha value is -1.30. The highest BCUT2D eigenvalue weighted by molar-refractivity contribution is 7.89. The number of rotatable bonds is 6. The molecule has 2 aliphatic rings. The van der Waals surface area contributed by atoms with E-state index in [9.17, 15) is 13.2 Å². The first-order chi connectivity index (χ1) is 12.0. The highest BCUT2D eigenvalue weighted by Gasteiger charge is 2.25. The Morgan fingerprint density at radius 2 is 1.96 bits per heavy atom. The predicted octanol–water partition coefficient (Wildman–Crippen LogP) is 0.0532. The van der Waals surface area contributed by atoms with Crippen LogP contribution in [0.4, 0.5) is 5.69 Å². The fraction of sp³-hybridized carbons (Fsp3) is 0.533. The Morgan fingerprint density at radius 1 is 1.26 bits per heavy atom. The molecule has 9 nitrogen and oxygen atoms in total. The molecule has 0 bridgehead atoms. The molecule has 154 valence electrons. The third-order valence-electron chi connectivity index (χ3n) is 4.12. The van der Waals surface area contributed by atoms with Crippen molar-refractivity contribution in [3.63, 3.8) is 0 Å². The number of amides is 1. The Labute approximate surface area is 171 Å². The molecule has 0 aromatic heterocycles. The summed E-state index contributed by atoms with van der Waals surface area (Å²) in [7, 11) is -2.38. The first-order valence-corrected chi connectivity index (χ1v) is 9.55. The number of piperazine rings is 1. The maximum absolute atomic E-state index is 12.6. The summed E-state index contributed by atoms with van der Waals surface area (Å²) in [6.07, 6.45) is 0. The second-order valence-corrected chi connectivity index (χ2v) is 7.56. The van der Waals surface area contributed by atoms with Crippen LogP contribution >= 0.6 is 24.8 Å². The van der Waals surface area contributed by atoms with Crippen molar-refractivity contribution in [2.75, 3.05) is 58.3 Å². The fourth-order valence-corrected chi connectivity index (χ4v) is 3.99. The zero-order chi connectivity index (χ0) is 17.9. The Morgan fingerprint density at radius 3 is 2.63 bits per heavy atom. The molecule has 3 N–H and O–H groups in total. The van der Waals surface area contributed by atoms with E-state index in [1.807, 2.05) is 0 Å². The van der Waals surface area contributed by atoms with E-state index in [0.29, 0.717) is 24.5 Å². The SMILES string of the molecule is COc1cc2c(cc1S(=O)(=O)NCCN1CCNCC1)OCC(=O)N2.Cl.Cl. The van der Waals surface area contributed by atoms with Gasteiger partial charge >= 0.3 is 0 Å². The fourth-order valence-electron chi connectivity index (χ4n) is 2.81. The molecule has 2 heterocycles. The van der Waals surface area contributed by atoms with E-state index in [1.165, 1.54) is 19.2 Å². The number of ether oxygens (including phenoxy) is 2. The lowest BCUT2D eigenvalue weighted by molar-refractivity contribution is -0.118. The minimum Gasteiger partial charge on any atom is -0.495 e. The molecule has 1 amide bonds. The summed E-state index contributed by atoms with van der Waals surface area (Å²) in [5.41, 5.74) is 0.396. The van der Waals surface area contributed by atoms with E-state index >= 15 is 0 Å². The monoisotopic (exact) mass is 442 g/mol. The number of carbonyl (C=O) groups excluding carboxylic acids is 1. The van der Waals surface area contributed by atoms with E-state index in [1.54, 1.807) is 0 Å². The molecule has 0 radical (unpaired) electrons. The number of hydrogen-bond acceptors (Lipinski definition) is 7. The molecule has 1 aromatic carbocycles. The summed E-state index contributed by atoms with van der Waals surface area (Å²) in [5, 5.41) is 5.88. The molecule has 0 atom stereocenters. The first kappa shape index (κ1) is 23.7. The molecule has 27 heavy (non-hydrogen) atoms. The van der Waals surface area contributed by atoms with Crippen molar-refractivity contribution in [2.45, 2.75) is 4.90 Å². The first-order valence-electron chi connectivity index (χ1n) is 8.07. The van der Waals surface area contributed by atoms with E-state index in [4.69, 9.17) is 9.47 Å². The number of sulfonamides is 1. The molecule has 0 unspecified atom stereocenters. The number of carbonyl (C=O) groups is 1. The van der Waals surface area contributed by atoms with Crippen LogP contribution in [0, 0.1) is 0 Å². The van der Waals surface area contributed by atoms with Crippen LogP contribution in [0.15, 0.2) is 17.0 Å². The van der Waals surface area contributed by atoms with Crippen molar-refractivity contribution in [3.8, 4) is 11.5 Å². The van der Waals surface area contributed by atoms with Crippen LogP contribution in [0.3, 0.4) is 0 Å². The maximum atomic E-state index is 12.6. The Kier molecular flexibility index (Phi) is 9.06. The molecular formula is C15H24Cl2N4O5S. The van der Waals surface area contributed by atoms with Gasteiger partial charge < -0.3 is 20.1 Å². The van der Waals surface area contributed by atoms with E-state index in [-0.39, 0.29) is 48.0 Å². The number of nitrogens with one attached hydrogen (secondary N) is 3. The molecule has 3 rings (SSSR count). The number of nitrogens with zero attached hydrogens (tertiary/aromatic N) is 1. The summed E-state index contributed by atoms with van der Waals surface area (Å²) in [6, 6.07) is 2.83. The summed E-state index contributed by atoms with van der Waals surface area (Å²) in [5.74, 6) is 0.168. The number of halogens is 2. The molecule has 1 saturated heterocycles. The minimum atomic E-state index is -3.76. The zero-order valence-corrected chi connectivity index (χ0v) is 17.3. The third-order valence-corrected chi connectivity index (χ3v) is 5.60. The van der Waals surface area contributed by atoms with Gasteiger partial charge in [0.1, 0.15) is 16.4 Å². The van der Waals surface area contributed by atoms with Crippen molar-refractivity contribution < 1.29 is 22.7 Å². The van der Waals surface area contributed by atoms with Gasteiger partial charge in [-0.1, -0.05) is 0 Å². The largest absolute Gasteiger partial charge is 0.495 e. The van der Waals surface area contributed by atoms with Gasteiger partial charge in [0.25, 0.3) is 5.91 Å². The molecule has 12 heteroatoms. The smallest absolute Gasteiger partial charge is 0.262 e. The normalized spacial score (nSPS) is 16.9. The van der Waals surface area contributed by atoms with Crippen molar-refractivity contribution in [3.05, 3.63) is 12.1 Å². The van der Waals surface area contributed by atoms with Crippen LogP contribution in [-0.4, -0.2) is 72.2 Å². The molecule has 2 aliphatic heterocycles. The second-order valence-electron chi connectivity index (χ2n) is 5.83. The molecule has 0 aliphatic carbocycles. The van der Waals surface area contributed by atoms with Gasteiger partial charge in [0, 0.05) is 51.4 Å². The van der Waals surface area contributed by atoms with Crippen LogP contribution in [0.25, 0.3) is 0 Å². The lowest BCUT2D eigenvalue weighted by Gasteiger charge is -2.27. The van der Waals surface area contributed by atoms with Gasteiger partial charge in [0.2, 0.25) is 10.0 Å². The molecule has 0 spiro atoms. The number of methoxy groups -OCH3 is 1. The zero-order valence-electron chi connectivity index (χ0n) is 14.8. The average Bonchev–Trinajstić information content (AvgIpc) is 2.61. The highest BCUT2D eigenvalue weighted by atomic mass is 35.5. The van der Waals surface area contributed by atoms with Crippen LogP contribution in [0.2, 0.25) is 0 Å². The quantitative estimate of drug-likeness (QED) is 0.570. The second kappa shape index (κ2) is 10.3. The van der Waals surface area contributed by atoms with Crippen molar-refractivity contribution >= 4 is 46.4 Å². The number of anilines is 1. The number of hydrogen-bond donors (Lipinski definition) is 3. The van der Waals surface area contributed by atoms with Gasteiger partial charge in [-0.2, -0.15) is 0 Å². The Balaban J connectivity index is 0.00000182. The van der Waals surface area contributed by atoms with Gasteiger partial charge in [0.05, 0.1) is 12.8 Å². The third kappa shape index (κ3) is 5.84. The summed E-state index contributed by atoms with van der Waals surface area (Å²) < 4.78 is 38.4. The van der Waals surface area contributed by atoms with Crippen LogP contribution < -0.4 is 24.8 Å². The van der Waals surface area contributed by atoms with Crippen molar-refractivity contribution in [1.82, 2.24) is 14.9 Å². The summed E-state index contributed by atoms with van der Waals surface area (Å²) in [6.45, 7) is 4.42. The molecule has 0 saturated carbocycles. The van der Waals surface area contributed by atoms with Crippen LogP contribution in [0.5, 0.6) is 11.5 Å². The van der Waals surface area contributed by atoms with Crippen molar-refractivity contribution in [1.29, 1.82) is 0 Å².